The number of aliphatic hydroxyl groups is 1. The van der Waals surface area contributed by atoms with Gasteiger partial charge in [-0.05, 0) is 12.1 Å². The molecule has 1 aliphatic heterocycles. The minimum absolute atomic E-state index is 0. The minimum Gasteiger partial charge on any atom is -0.389 e. The van der Waals surface area contributed by atoms with Crippen molar-refractivity contribution in [1.82, 2.24) is 4.90 Å². The number of carbonyl (C=O) groups is 1. The van der Waals surface area contributed by atoms with E-state index >= 15 is 0 Å². The van der Waals surface area contributed by atoms with Gasteiger partial charge in [0.2, 0.25) is 0 Å². The van der Waals surface area contributed by atoms with Crippen LogP contribution >= 0.6 is 23.7 Å². The lowest BCUT2D eigenvalue weighted by Crippen LogP contribution is -2.53. The molecule has 1 amide bonds. The van der Waals surface area contributed by atoms with Crippen LogP contribution in [0.1, 0.15) is 9.67 Å². The van der Waals surface area contributed by atoms with Gasteiger partial charge in [0.05, 0.1) is 16.0 Å². The minimum atomic E-state index is -0.331. The molecule has 15 heavy (non-hydrogen) atoms. The number of thiophene rings is 1. The zero-order chi connectivity index (χ0) is 10.1. The number of likely N-dealkylation sites (tertiary alicyclic amines) is 1. The lowest BCUT2D eigenvalue weighted by atomic mass is 10.1. The standard InChI is InChI=1S/C9H12N2O2S.ClH/c1-10-8-3-2-7(14-8)9(13)11-4-6(12)5-11;/h2-3,6,10,12H,4-5H2,1H3;1H. The lowest BCUT2D eigenvalue weighted by molar-refractivity contribution is 0.00623. The normalized spacial score (nSPS) is 15.5. The Bertz CT molecular complexity index is 350. The Hall–Kier alpha value is -0.780. The molecular formula is C9H13ClN2O2S. The molecule has 0 radical (unpaired) electrons. The third-order valence-electron chi connectivity index (χ3n) is 2.21. The summed E-state index contributed by atoms with van der Waals surface area (Å²) in [5.74, 6) is 0.0156. The van der Waals surface area contributed by atoms with E-state index in [1.807, 2.05) is 19.2 Å². The molecule has 2 heterocycles. The second-order valence-electron chi connectivity index (χ2n) is 3.28. The Balaban J connectivity index is 0.00000112. The van der Waals surface area contributed by atoms with E-state index in [-0.39, 0.29) is 24.4 Å². The van der Waals surface area contributed by atoms with Gasteiger partial charge in [-0.25, -0.2) is 0 Å². The van der Waals surface area contributed by atoms with Gasteiger partial charge in [-0.1, -0.05) is 0 Å². The molecule has 1 saturated heterocycles. The predicted molar refractivity (Wildman–Crippen MR) is 63.0 cm³/mol. The van der Waals surface area contributed by atoms with E-state index in [9.17, 15) is 4.79 Å². The van der Waals surface area contributed by atoms with Crippen LogP contribution in [0.3, 0.4) is 0 Å². The highest BCUT2D eigenvalue weighted by atomic mass is 35.5. The highest BCUT2D eigenvalue weighted by Crippen LogP contribution is 2.24. The first-order chi connectivity index (χ1) is 6.70. The molecule has 4 nitrogen and oxygen atoms in total. The molecule has 0 atom stereocenters. The molecule has 1 fully saturated rings. The quantitative estimate of drug-likeness (QED) is 0.822. The van der Waals surface area contributed by atoms with Gasteiger partial charge in [0.25, 0.3) is 5.91 Å². The van der Waals surface area contributed by atoms with E-state index in [0.717, 1.165) is 9.88 Å². The molecule has 0 unspecified atom stereocenters. The highest BCUT2D eigenvalue weighted by molar-refractivity contribution is 7.17. The molecular weight excluding hydrogens is 236 g/mol. The second-order valence-corrected chi connectivity index (χ2v) is 4.36. The number of rotatable bonds is 2. The van der Waals surface area contributed by atoms with Gasteiger partial charge >= 0.3 is 0 Å². The van der Waals surface area contributed by atoms with Gasteiger partial charge in [0.1, 0.15) is 0 Å². The van der Waals surface area contributed by atoms with Crippen molar-refractivity contribution in [1.29, 1.82) is 0 Å². The Kier molecular flexibility index (Phi) is 3.96. The van der Waals surface area contributed by atoms with Crippen molar-refractivity contribution in [2.75, 3.05) is 25.5 Å². The Morgan fingerprint density at radius 1 is 1.60 bits per heavy atom. The average Bonchev–Trinajstić information content (AvgIpc) is 2.60. The van der Waals surface area contributed by atoms with E-state index in [2.05, 4.69) is 5.32 Å². The van der Waals surface area contributed by atoms with E-state index in [1.54, 1.807) is 4.90 Å². The van der Waals surface area contributed by atoms with Gasteiger partial charge in [-0.15, -0.1) is 23.7 Å². The molecule has 0 bridgehead atoms. The molecule has 1 aromatic heterocycles. The smallest absolute Gasteiger partial charge is 0.264 e. The van der Waals surface area contributed by atoms with Crippen LogP contribution in [0.5, 0.6) is 0 Å². The molecule has 1 aliphatic rings. The van der Waals surface area contributed by atoms with Gasteiger partial charge in [-0.3, -0.25) is 4.79 Å². The van der Waals surface area contributed by atoms with Crippen molar-refractivity contribution < 1.29 is 9.90 Å². The Morgan fingerprint density at radius 2 is 2.27 bits per heavy atom. The van der Waals surface area contributed by atoms with Crippen LogP contribution in [-0.4, -0.2) is 42.2 Å². The number of nitrogens with zero attached hydrogens (tertiary/aromatic N) is 1. The summed E-state index contributed by atoms with van der Waals surface area (Å²) in [6, 6.07) is 3.69. The van der Waals surface area contributed by atoms with Crippen molar-refractivity contribution in [3.63, 3.8) is 0 Å². The fourth-order valence-corrected chi connectivity index (χ4v) is 2.19. The molecule has 0 spiro atoms. The number of halogens is 1. The summed E-state index contributed by atoms with van der Waals surface area (Å²) in [6.45, 7) is 0.928. The third-order valence-corrected chi connectivity index (χ3v) is 3.30. The van der Waals surface area contributed by atoms with Gasteiger partial charge in [0, 0.05) is 20.1 Å². The molecule has 2 N–H and O–H groups in total. The van der Waals surface area contributed by atoms with Crippen LogP contribution in [-0.2, 0) is 0 Å². The van der Waals surface area contributed by atoms with E-state index in [1.165, 1.54) is 11.3 Å². The number of amides is 1. The number of carbonyl (C=O) groups excluding carboxylic acids is 1. The molecule has 0 aromatic carbocycles. The highest BCUT2D eigenvalue weighted by Gasteiger charge is 2.30. The van der Waals surface area contributed by atoms with Crippen LogP contribution in [0.4, 0.5) is 5.00 Å². The zero-order valence-corrected chi connectivity index (χ0v) is 9.90. The number of nitrogens with one attached hydrogen (secondary N) is 1. The van der Waals surface area contributed by atoms with Crippen LogP contribution in [0, 0.1) is 0 Å². The molecule has 84 valence electrons. The maximum atomic E-state index is 11.7. The lowest BCUT2D eigenvalue weighted by Gasteiger charge is -2.35. The number of β-amino-alcohol motifs (C(OH)–C–C–N with tert-alkyl or cyclic N) is 1. The van der Waals surface area contributed by atoms with Crippen LogP contribution in [0.25, 0.3) is 0 Å². The first kappa shape index (κ1) is 12.3. The van der Waals surface area contributed by atoms with Crippen LogP contribution in [0.2, 0.25) is 0 Å². The average molecular weight is 249 g/mol. The second kappa shape index (κ2) is 4.83. The summed E-state index contributed by atoms with van der Waals surface area (Å²) in [4.78, 5) is 14.1. The number of anilines is 1. The summed E-state index contributed by atoms with van der Waals surface area (Å²) in [7, 11) is 1.83. The predicted octanol–water partition coefficient (Wildman–Crippen LogP) is 1.03. The van der Waals surface area contributed by atoms with E-state index in [0.29, 0.717) is 13.1 Å². The van der Waals surface area contributed by atoms with Gasteiger partial charge < -0.3 is 15.3 Å². The van der Waals surface area contributed by atoms with E-state index in [4.69, 9.17) is 5.11 Å². The Morgan fingerprint density at radius 3 is 2.73 bits per heavy atom. The van der Waals surface area contributed by atoms with Crippen molar-refractivity contribution in [3.8, 4) is 0 Å². The number of aliphatic hydroxyl groups excluding tert-OH is 1. The van der Waals surface area contributed by atoms with Crippen molar-refractivity contribution in [2.45, 2.75) is 6.10 Å². The first-order valence-corrected chi connectivity index (χ1v) is 5.27. The van der Waals surface area contributed by atoms with Gasteiger partial charge in [0.15, 0.2) is 0 Å². The summed E-state index contributed by atoms with van der Waals surface area (Å²) in [5, 5.41) is 13.0. The maximum Gasteiger partial charge on any atom is 0.264 e. The third kappa shape index (κ3) is 2.42. The fourth-order valence-electron chi connectivity index (χ4n) is 1.36. The molecule has 0 aliphatic carbocycles. The molecule has 0 saturated carbocycles. The van der Waals surface area contributed by atoms with Crippen LogP contribution < -0.4 is 5.32 Å². The summed E-state index contributed by atoms with van der Waals surface area (Å²) < 4.78 is 0. The summed E-state index contributed by atoms with van der Waals surface area (Å²) >= 11 is 1.44. The fraction of sp³-hybridized carbons (Fsp3) is 0.444. The monoisotopic (exact) mass is 248 g/mol. The van der Waals surface area contributed by atoms with Crippen molar-refractivity contribution >= 4 is 34.7 Å². The number of hydrogen-bond donors (Lipinski definition) is 2. The van der Waals surface area contributed by atoms with E-state index < -0.39 is 0 Å². The molecule has 1 aromatic rings. The maximum absolute atomic E-state index is 11.7. The SMILES string of the molecule is CNc1ccc(C(=O)N2CC(O)C2)s1.Cl. The van der Waals surface area contributed by atoms with Crippen LogP contribution in [0.15, 0.2) is 12.1 Å². The van der Waals surface area contributed by atoms with Crippen molar-refractivity contribution in [3.05, 3.63) is 17.0 Å². The molecule has 2 rings (SSSR count). The van der Waals surface area contributed by atoms with Crippen molar-refractivity contribution in [2.24, 2.45) is 0 Å². The molecule has 6 heteroatoms. The zero-order valence-electron chi connectivity index (χ0n) is 8.27. The van der Waals surface area contributed by atoms with Gasteiger partial charge in [-0.2, -0.15) is 0 Å². The Labute approximate surface area is 98.3 Å². The first-order valence-electron chi connectivity index (χ1n) is 4.45. The number of hydrogen-bond acceptors (Lipinski definition) is 4. The largest absolute Gasteiger partial charge is 0.389 e. The summed E-state index contributed by atoms with van der Waals surface area (Å²) in [5.41, 5.74) is 0. The summed E-state index contributed by atoms with van der Waals surface area (Å²) in [6.07, 6.45) is -0.331. The topological polar surface area (TPSA) is 52.6 Å².